The number of nitrogens with zero attached hydrogens (tertiary/aromatic N) is 2. The standard InChI is InChI=1S/C11H11BrFN3O/c1-11(2,14)10-15-9(17-16-10)7-5-6(12)3-4-8(7)13/h3-5H,14H2,1-2H3. The van der Waals surface area contributed by atoms with Crippen molar-refractivity contribution in [2.75, 3.05) is 0 Å². The highest BCUT2D eigenvalue weighted by Crippen LogP contribution is 2.26. The molecule has 0 aliphatic rings. The van der Waals surface area contributed by atoms with Gasteiger partial charge in [0, 0.05) is 4.47 Å². The van der Waals surface area contributed by atoms with Gasteiger partial charge in [0.15, 0.2) is 5.82 Å². The van der Waals surface area contributed by atoms with E-state index in [1.54, 1.807) is 26.0 Å². The first-order valence-corrected chi connectivity index (χ1v) is 5.76. The lowest BCUT2D eigenvalue weighted by atomic mass is 10.1. The molecule has 0 saturated carbocycles. The molecule has 0 radical (unpaired) electrons. The highest BCUT2D eigenvalue weighted by molar-refractivity contribution is 9.10. The molecule has 0 amide bonds. The van der Waals surface area contributed by atoms with E-state index in [2.05, 4.69) is 26.1 Å². The molecule has 4 nitrogen and oxygen atoms in total. The molecule has 1 aromatic carbocycles. The summed E-state index contributed by atoms with van der Waals surface area (Å²) in [6.07, 6.45) is 0. The van der Waals surface area contributed by atoms with Crippen LogP contribution < -0.4 is 5.73 Å². The first-order chi connectivity index (χ1) is 7.88. The minimum absolute atomic E-state index is 0.123. The van der Waals surface area contributed by atoms with E-state index < -0.39 is 11.4 Å². The molecule has 1 heterocycles. The van der Waals surface area contributed by atoms with Gasteiger partial charge in [0.2, 0.25) is 0 Å². The number of halogens is 2. The van der Waals surface area contributed by atoms with Crippen molar-refractivity contribution in [1.29, 1.82) is 0 Å². The Labute approximate surface area is 106 Å². The van der Waals surface area contributed by atoms with Crippen molar-refractivity contribution in [2.45, 2.75) is 19.4 Å². The summed E-state index contributed by atoms with van der Waals surface area (Å²) in [6, 6.07) is 4.51. The SMILES string of the molecule is CC(C)(N)c1noc(-c2cc(Br)ccc2F)n1. The van der Waals surface area contributed by atoms with Crippen LogP contribution in [0.4, 0.5) is 4.39 Å². The highest BCUT2D eigenvalue weighted by Gasteiger charge is 2.23. The zero-order chi connectivity index (χ0) is 12.6. The van der Waals surface area contributed by atoms with Crippen LogP contribution >= 0.6 is 15.9 Å². The summed E-state index contributed by atoms with van der Waals surface area (Å²) in [5.41, 5.74) is 5.36. The van der Waals surface area contributed by atoms with Crippen molar-refractivity contribution in [2.24, 2.45) is 5.73 Å². The van der Waals surface area contributed by atoms with Gasteiger partial charge in [-0.1, -0.05) is 21.1 Å². The summed E-state index contributed by atoms with van der Waals surface area (Å²) in [5.74, 6) is 0.0439. The van der Waals surface area contributed by atoms with Crippen LogP contribution in [0.5, 0.6) is 0 Å². The van der Waals surface area contributed by atoms with Crippen molar-refractivity contribution in [3.05, 3.63) is 34.3 Å². The van der Waals surface area contributed by atoms with Crippen LogP contribution in [0.25, 0.3) is 11.5 Å². The zero-order valence-electron chi connectivity index (χ0n) is 9.37. The number of benzene rings is 1. The van der Waals surface area contributed by atoms with Crippen LogP contribution in [-0.2, 0) is 5.54 Å². The molecule has 2 aromatic rings. The van der Waals surface area contributed by atoms with Crippen LogP contribution in [0.2, 0.25) is 0 Å². The molecule has 2 rings (SSSR count). The fourth-order valence-electron chi connectivity index (χ4n) is 1.26. The Morgan fingerprint density at radius 3 is 2.71 bits per heavy atom. The lowest BCUT2D eigenvalue weighted by molar-refractivity contribution is 0.396. The van der Waals surface area contributed by atoms with E-state index in [1.807, 2.05) is 0 Å². The normalized spacial score (nSPS) is 11.8. The molecular weight excluding hydrogens is 289 g/mol. The summed E-state index contributed by atoms with van der Waals surface area (Å²) in [4.78, 5) is 4.09. The van der Waals surface area contributed by atoms with Crippen LogP contribution in [0.3, 0.4) is 0 Å². The summed E-state index contributed by atoms with van der Waals surface area (Å²) in [7, 11) is 0. The predicted molar refractivity (Wildman–Crippen MR) is 64.6 cm³/mol. The van der Waals surface area contributed by atoms with Crippen LogP contribution in [0.1, 0.15) is 19.7 Å². The maximum absolute atomic E-state index is 13.6. The summed E-state index contributed by atoms with van der Waals surface area (Å²) >= 11 is 3.26. The van der Waals surface area contributed by atoms with Crippen molar-refractivity contribution in [1.82, 2.24) is 10.1 Å². The van der Waals surface area contributed by atoms with Gasteiger partial charge in [0.05, 0.1) is 11.1 Å². The van der Waals surface area contributed by atoms with E-state index in [0.717, 1.165) is 4.47 Å². The van der Waals surface area contributed by atoms with Crippen molar-refractivity contribution < 1.29 is 8.91 Å². The fourth-order valence-corrected chi connectivity index (χ4v) is 1.62. The van der Waals surface area contributed by atoms with Crippen LogP contribution in [-0.4, -0.2) is 10.1 Å². The van der Waals surface area contributed by atoms with Gasteiger partial charge >= 0.3 is 0 Å². The lowest BCUT2D eigenvalue weighted by Crippen LogP contribution is -2.30. The number of hydrogen-bond acceptors (Lipinski definition) is 4. The van der Waals surface area contributed by atoms with Crippen molar-refractivity contribution >= 4 is 15.9 Å². The lowest BCUT2D eigenvalue weighted by Gasteiger charge is -2.11. The fraction of sp³-hybridized carbons (Fsp3) is 0.273. The minimum atomic E-state index is -0.718. The summed E-state index contributed by atoms with van der Waals surface area (Å²) in [5, 5.41) is 3.74. The third kappa shape index (κ3) is 2.53. The Hall–Kier alpha value is -1.27. The molecule has 17 heavy (non-hydrogen) atoms. The quantitative estimate of drug-likeness (QED) is 0.926. The highest BCUT2D eigenvalue weighted by atomic mass is 79.9. The third-order valence-corrected chi connectivity index (χ3v) is 2.65. The summed E-state index contributed by atoms with van der Waals surface area (Å²) in [6.45, 7) is 3.50. The Bertz CT molecular complexity index is 548. The molecule has 6 heteroatoms. The first kappa shape index (κ1) is 12.2. The molecule has 0 fully saturated rings. The number of aromatic nitrogens is 2. The maximum Gasteiger partial charge on any atom is 0.261 e. The second-order valence-corrected chi connectivity index (χ2v) is 5.18. The molecule has 0 atom stereocenters. The molecule has 0 unspecified atom stereocenters. The van der Waals surface area contributed by atoms with E-state index in [0.29, 0.717) is 5.82 Å². The van der Waals surface area contributed by atoms with E-state index in [9.17, 15) is 4.39 Å². The van der Waals surface area contributed by atoms with Gasteiger partial charge < -0.3 is 10.3 Å². The van der Waals surface area contributed by atoms with Crippen molar-refractivity contribution in [3.63, 3.8) is 0 Å². The van der Waals surface area contributed by atoms with Crippen LogP contribution in [0.15, 0.2) is 27.2 Å². The van der Waals surface area contributed by atoms with Gasteiger partial charge in [-0.3, -0.25) is 0 Å². The molecular formula is C11H11BrFN3O. The smallest absolute Gasteiger partial charge is 0.261 e. The Morgan fingerprint density at radius 2 is 2.12 bits per heavy atom. The number of hydrogen-bond donors (Lipinski definition) is 1. The van der Waals surface area contributed by atoms with Gasteiger partial charge in [-0.05, 0) is 32.0 Å². The first-order valence-electron chi connectivity index (χ1n) is 4.96. The molecule has 90 valence electrons. The zero-order valence-corrected chi connectivity index (χ0v) is 11.0. The van der Waals surface area contributed by atoms with Crippen molar-refractivity contribution in [3.8, 4) is 11.5 Å². The topological polar surface area (TPSA) is 64.9 Å². The maximum atomic E-state index is 13.6. The molecule has 2 N–H and O–H groups in total. The van der Waals surface area contributed by atoms with Gasteiger partial charge in [0.1, 0.15) is 5.82 Å². The average molecular weight is 300 g/mol. The van der Waals surface area contributed by atoms with E-state index in [4.69, 9.17) is 10.3 Å². The molecule has 0 bridgehead atoms. The summed E-state index contributed by atoms with van der Waals surface area (Å²) < 4.78 is 19.3. The third-order valence-electron chi connectivity index (χ3n) is 2.16. The van der Waals surface area contributed by atoms with Gasteiger partial charge in [0.25, 0.3) is 5.89 Å². The number of nitrogens with two attached hydrogens (primary N) is 1. The minimum Gasteiger partial charge on any atom is -0.334 e. The second-order valence-electron chi connectivity index (χ2n) is 4.27. The second kappa shape index (κ2) is 4.19. The van der Waals surface area contributed by atoms with Gasteiger partial charge in [-0.2, -0.15) is 4.98 Å². The largest absolute Gasteiger partial charge is 0.334 e. The molecule has 1 aromatic heterocycles. The monoisotopic (exact) mass is 299 g/mol. The predicted octanol–water partition coefficient (Wildman–Crippen LogP) is 2.83. The van der Waals surface area contributed by atoms with E-state index in [1.165, 1.54) is 6.07 Å². The number of rotatable bonds is 2. The van der Waals surface area contributed by atoms with Gasteiger partial charge in [-0.25, -0.2) is 4.39 Å². The molecule has 0 aliphatic heterocycles. The van der Waals surface area contributed by atoms with Crippen LogP contribution in [0, 0.1) is 5.82 Å². The van der Waals surface area contributed by atoms with Gasteiger partial charge in [-0.15, -0.1) is 0 Å². The Morgan fingerprint density at radius 1 is 1.41 bits per heavy atom. The molecule has 0 saturated heterocycles. The molecule has 0 spiro atoms. The Balaban J connectivity index is 2.47. The van der Waals surface area contributed by atoms with E-state index in [-0.39, 0.29) is 11.5 Å². The Kier molecular flexibility index (Phi) is 3.01. The van der Waals surface area contributed by atoms with E-state index >= 15 is 0 Å². The average Bonchev–Trinajstić information content (AvgIpc) is 2.70. The molecule has 0 aliphatic carbocycles.